The molecular weight excluding hydrogens is 246 g/mol. The second-order valence-electron chi connectivity index (χ2n) is 7.35. The third-order valence-electron chi connectivity index (χ3n) is 6.13. The first-order chi connectivity index (χ1) is 9.78. The summed E-state index contributed by atoms with van der Waals surface area (Å²) in [5.41, 5.74) is 6.44. The molecule has 2 heterocycles. The van der Waals surface area contributed by atoms with Crippen LogP contribution in [0.15, 0.2) is 0 Å². The van der Waals surface area contributed by atoms with Crippen molar-refractivity contribution in [2.45, 2.75) is 76.4 Å². The van der Waals surface area contributed by atoms with Gasteiger partial charge in [0.25, 0.3) is 0 Å². The van der Waals surface area contributed by atoms with Crippen LogP contribution in [0, 0.1) is 5.92 Å². The van der Waals surface area contributed by atoms with E-state index in [1.54, 1.807) is 0 Å². The fourth-order valence-electron chi connectivity index (χ4n) is 4.70. The van der Waals surface area contributed by atoms with E-state index < -0.39 is 0 Å². The summed E-state index contributed by atoms with van der Waals surface area (Å²) in [6.45, 7) is 7.60. The molecule has 0 spiro atoms. The van der Waals surface area contributed by atoms with Crippen molar-refractivity contribution in [2.75, 3.05) is 26.2 Å². The molecule has 0 aromatic rings. The Kier molecular flexibility index (Phi) is 5.00. The van der Waals surface area contributed by atoms with Crippen LogP contribution in [0.5, 0.6) is 0 Å². The van der Waals surface area contributed by atoms with Crippen molar-refractivity contribution >= 4 is 0 Å². The molecule has 1 aliphatic carbocycles. The highest BCUT2D eigenvalue weighted by molar-refractivity contribution is 4.94. The topological polar surface area (TPSA) is 32.5 Å². The van der Waals surface area contributed by atoms with Gasteiger partial charge in [-0.1, -0.05) is 19.8 Å². The summed E-state index contributed by atoms with van der Waals surface area (Å²) < 4.78 is 0. The molecule has 3 rings (SSSR count). The van der Waals surface area contributed by atoms with E-state index in [1.807, 2.05) is 0 Å². The van der Waals surface area contributed by atoms with Gasteiger partial charge in [0.05, 0.1) is 0 Å². The van der Waals surface area contributed by atoms with Gasteiger partial charge in [-0.3, -0.25) is 9.80 Å². The molecule has 2 saturated heterocycles. The molecule has 4 atom stereocenters. The summed E-state index contributed by atoms with van der Waals surface area (Å²) in [7, 11) is 0. The average Bonchev–Trinajstić information content (AvgIpc) is 2.98. The van der Waals surface area contributed by atoms with Crippen LogP contribution in [-0.2, 0) is 0 Å². The Morgan fingerprint density at radius 1 is 0.950 bits per heavy atom. The SMILES string of the molecule is CCC1CCC(N)C(N2CCC(N3CCCCC3)C2)C1. The van der Waals surface area contributed by atoms with Crippen molar-refractivity contribution in [1.82, 2.24) is 9.80 Å². The van der Waals surface area contributed by atoms with Gasteiger partial charge in [0, 0.05) is 31.2 Å². The fraction of sp³-hybridized carbons (Fsp3) is 1.00. The molecule has 20 heavy (non-hydrogen) atoms. The number of nitrogens with zero attached hydrogens (tertiary/aromatic N) is 2. The standard InChI is InChI=1S/C17H33N3/c1-2-14-6-7-16(18)17(12-14)20-11-8-15(13-20)19-9-4-3-5-10-19/h14-17H,2-13,18H2,1H3. The summed E-state index contributed by atoms with van der Waals surface area (Å²) in [5, 5.41) is 0. The number of nitrogens with two attached hydrogens (primary N) is 1. The molecule has 116 valence electrons. The highest BCUT2D eigenvalue weighted by Crippen LogP contribution is 2.32. The van der Waals surface area contributed by atoms with Gasteiger partial charge < -0.3 is 5.73 Å². The van der Waals surface area contributed by atoms with Crippen LogP contribution in [0.3, 0.4) is 0 Å². The third-order valence-corrected chi connectivity index (χ3v) is 6.13. The van der Waals surface area contributed by atoms with E-state index in [0.29, 0.717) is 12.1 Å². The van der Waals surface area contributed by atoms with Gasteiger partial charge in [0.1, 0.15) is 0 Å². The first kappa shape index (κ1) is 14.8. The minimum atomic E-state index is 0.429. The second-order valence-corrected chi connectivity index (χ2v) is 7.35. The average molecular weight is 279 g/mol. The first-order valence-corrected chi connectivity index (χ1v) is 9.01. The smallest absolute Gasteiger partial charge is 0.0250 e. The Balaban J connectivity index is 1.55. The molecular formula is C17H33N3. The van der Waals surface area contributed by atoms with Crippen molar-refractivity contribution in [1.29, 1.82) is 0 Å². The van der Waals surface area contributed by atoms with E-state index in [4.69, 9.17) is 5.73 Å². The largest absolute Gasteiger partial charge is 0.326 e. The molecule has 3 fully saturated rings. The van der Waals surface area contributed by atoms with Gasteiger partial charge in [-0.25, -0.2) is 0 Å². The minimum absolute atomic E-state index is 0.429. The third kappa shape index (κ3) is 3.20. The van der Waals surface area contributed by atoms with Crippen LogP contribution >= 0.6 is 0 Å². The van der Waals surface area contributed by atoms with E-state index in [-0.39, 0.29) is 0 Å². The van der Waals surface area contributed by atoms with Crippen LogP contribution in [0.4, 0.5) is 0 Å². The van der Waals surface area contributed by atoms with E-state index in [2.05, 4.69) is 16.7 Å². The van der Waals surface area contributed by atoms with E-state index in [0.717, 1.165) is 12.0 Å². The summed E-state index contributed by atoms with van der Waals surface area (Å²) in [5.74, 6) is 0.925. The molecule has 0 radical (unpaired) electrons. The van der Waals surface area contributed by atoms with E-state index in [9.17, 15) is 0 Å². The lowest BCUT2D eigenvalue weighted by molar-refractivity contribution is 0.113. The highest BCUT2D eigenvalue weighted by Gasteiger charge is 2.37. The Morgan fingerprint density at radius 3 is 2.50 bits per heavy atom. The van der Waals surface area contributed by atoms with Crippen molar-refractivity contribution in [2.24, 2.45) is 11.7 Å². The Morgan fingerprint density at radius 2 is 1.75 bits per heavy atom. The maximum absolute atomic E-state index is 6.44. The number of hydrogen-bond acceptors (Lipinski definition) is 3. The summed E-state index contributed by atoms with van der Waals surface area (Å²) >= 11 is 0. The molecule has 0 aromatic carbocycles. The van der Waals surface area contributed by atoms with Crippen LogP contribution < -0.4 is 5.73 Å². The predicted molar refractivity (Wildman–Crippen MR) is 84.8 cm³/mol. The van der Waals surface area contributed by atoms with Crippen LogP contribution in [0.25, 0.3) is 0 Å². The zero-order valence-electron chi connectivity index (χ0n) is 13.3. The molecule has 2 aliphatic heterocycles. The van der Waals surface area contributed by atoms with Crippen molar-refractivity contribution < 1.29 is 0 Å². The van der Waals surface area contributed by atoms with Gasteiger partial charge in [-0.15, -0.1) is 0 Å². The number of hydrogen-bond donors (Lipinski definition) is 1. The quantitative estimate of drug-likeness (QED) is 0.861. The highest BCUT2D eigenvalue weighted by atomic mass is 15.3. The molecule has 0 bridgehead atoms. The lowest BCUT2D eigenvalue weighted by atomic mass is 9.81. The fourth-order valence-corrected chi connectivity index (χ4v) is 4.70. The summed E-state index contributed by atoms with van der Waals surface area (Å²) in [4.78, 5) is 5.50. The molecule has 1 saturated carbocycles. The second kappa shape index (κ2) is 6.76. The van der Waals surface area contributed by atoms with Crippen molar-refractivity contribution in [3.63, 3.8) is 0 Å². The monoisotopic (exact) mass is 279 g/mol. The molecule has 2 N–H and O–H groups in total. The molecule has 0 aromatic heterocycles. The predicted octanol–water partition coefficient (Wildman–Crippen LogP) is 2.45. The lowest BCUT2D eigenvalue weighted by Crippen LogP contribution is -2.51. The number of rotatable bonds is 3. The molecule has 4 unspecified atom stereocenters. The van der Waals surface area contributed by atoms with Crippen molar-refractivity contribution in [3.8, 4) is 0 Å². The molecule has 3 heteroatoms. The molecule has 3 aliphatic rings. The first-order valence-electron chi connectivity index (χ1n) is 9.01. The minimum Gasteiger partial charge on any atom is -0.326 e. The van der Waals surface area contributed by atoms with E-state index >= 15 is 0 Å². The van der Waals surface area contributed by atoms with Gasteiger partial charge >= 0.3 is 0 Å². The van der Waals surface area contributed by atoms with Gasteiger partial charge in [0.15, 0.2) is 0 Å². The van der Waals surface area contributed by atoms with Crippen LogP contribution in [0.1, 0.15) is 58.3 Å². The maximum atomic E-state index is 6.44. The van der Waals surface area contributed by atoms with Crippen molar-refractivity contribution in [3.05, 3.63) is 0 Å². The van der Waals surface area contributed by atoms with Gasteiger partial charge in [-0.2, -0.15) is 0 Å². The zero-order valence-corrected chi connectivity index (χ0v) is 13.3. The summed E-state index contributed by atoms with van der Waals surface area (Å²) in [6.07, 6.45) is 10.9. The Labute approximate surface area is 124 Å². The van der Waals surface area contributed by atoms with Crippen LogP contribution in [0.2, 0.25) is 0 Å². The molecule has 3 nitrogen and oxygen atoms in total. The Hall–Kier alpha value is -0.120. The normalized spacial score (nSPS) is 41.1. The van der Waals surface area contributed by atoms with E-state index in [1.165, 1.54) is 77.5 Å². The number of likely N-dealkylation sites (tertiary alicyclic amines) is 2. The molecule has 0 amide bonds. The number of piperidine rings is 1. The maximum Gasteiger partial charge on any atom is 0.0250 e. The van der Waals surface area contributed by atoms with Gasteiger partial charge in [-0.05, 0) is 57.5 Å². The van der Waals surface area contributed by atoms with Gasteiger partial charge in [0.2, 0.25) is 0 Å². The summed E-state index contributed by atoms with van der Waals surface area (Å²) in [6, 6.07) is 1.92. The van der Waals surface area contributed by atoms with Crippen LogP contribution in [-0.4, -0.2) is 54.1 Å². The zero-order chi connectivity index (χ0) is 13.9. The lowest BCUT2D eigenvalue weighted by Gasteiger charge is -2.40. The Bertz CT molecular complexity index is 301.